The molecule has 2 fully saturated rings. The average molecular weight is 443 g/mol. The molecule has 33 heavy (non-hydrogen) atoms. The molecule has 1 saturated carbocycles. The Labute approximate surface area is 193 Å². The van der Waals surface area contributed by atoms with Crippen LogP contribution in [-0.4, -0.2) is 45.0 Å². The third-order valence-electron chi connectivity index (χ3n) is 7.99. The number of amides is 2. The van der Waals surface area contributed by atoms with Crippen LogP contribution in [-0.2, 0) is 17.6 Å². The van der Waals surface area contributed by atoms with Crippen molar-refractivity contribution in [2.45, 2.75) is 69.5 Å². The fourth-order valence-electron chi connectivity index (χ4n) is 6.29. The van der Waals surface area contributed by atoms with Gasteiger partial charge in [-0.1, -0.05) is 43.2 Å². The fraction of sp³-hybridized carbons (Fsp3) is 0.444. The topological polar surface area (TPSA) is 78.1 Å². The minimum atomic E-state index is -0.389. The third-order valence-corrected chi connectivity index (χ3v) is 7.99. The van der Waals surface area contributed by atoms with E-state index in [4.69, 9.17) is 0 Å². The van der Waals surface area contributed by atoms with Crippen molar-refractivity contribution < 1.29 is 9.59 Å². The first-order valence-corrected chi connectivity index (χ1v) is 12.3. The zero-order valence-electron chi connectivity index (χ0n) is 18.8. The van der Waals surface area contributed by atoms with Crippen molar-refractivity contribution in [1.29, 1.82) is 0 Å². The molecule has 6 heteroatoms. The van der Waals surface area contributed by atoms with Gasteiger partial charge in [0.1, 0.15) is 6.04 Å². The molecule has 0 radical (unpaired) electrons. The smallest absolute Gasteiger partial charge is 0.254 e. The monoisotopic (exact) mass is 442 g/mol. The van der Waals surface area contributed by atoms with Crippen LogP contribution in [0.5, 0.6) is 0 Å². The number of rotatable bonds is 3. The van der Waals surface area contributed by atoms with E-state index in [2.05, 4.69) is 21.6 Å². The molecular formula is C27H30N4O2. The molecule has 6 nitrogen and oxygen atoms in total. The van der Waals surface area contributed by atoms with Crippen molar-refractivity contribution in [3.63, 3.8) is 0 Å². The molecule has 1 unspecified atom stereocenters. The molecule has 4 atom stereocenters. The highest BCUT2D eigenvalue weighted by atomic mass is 16.2. The zero-order chi connectivity index (χ0) is 22.4. The van der Waals surface area contributed by atoms with Gasteiger partial charge in [0.15, 0.2) is 0 Å². The maximum absolute atomic E-state index is 13.8. The number of benzene rings is 2. The molecule has 0 spiro atoms. The minimum absolute atomic E-state index is 0.00481. The molecule has 2 aliphatic carbocycles. The predicted molar refractivity (Wildman–Crippen MR) is 127 cm³/mol. The van der Waals surface area contributed by atoms with E-state index in [0.29, 0.717) is 11.5 Å². The molecule has 0 bridgehead atoms. The van der Waals surface area contributed by atoms with Crippen LogP contribution in [0.15, 0.2) is 48.7 Å². The van der Waals surface area contributed by atoms with Crippen molar-refractivity contribution in [1.82, 2.24) is 20.4 Å². The number of nitrogens with one attached hydrogen (secondary N) is 2. The molecule has 170 valence electrons. The Morgan fingerprint density at radius 1 is 1.03 bits per heavy atom. The Balaban J connectivity index is 1.26. The largest absolute Gasteiger partial charge is 0.351 e. The maximum atomic E-state index is 13.8. The lowest BCUT2D eigenvalue weighted by atomic mass is 9.84. The number of hydrogen-bond donors (Lipinski definition) is 2. The third kappa shape index (κ3) is 3.71. The van der Waals surface area contributed by atoms with Crippen molar-refractivity contribution in [2.75, 3.05) is 0 Å². The molecule has 2 N–H and O–H groups in total. The first-order valence-electron chi connectivity index (χ1n) is 12.3. The summed E-state index contributed by atoms with van der Waals surface area (Å²) in [5.41, 5.74) is 3.05. The summed E-state index contributed by atoms with van der Waals surface area (Å²) in [7, 11) is 0. The second-order valence-corrected chi connectivity index (χ2v) is 9.96. The van der Waals surface area contributed by atoms with E-state index in [9.17, 15) is 9.59 Å². The van der Waals surface area contributed by atoms with Crippen LogP contribution in [0.2, 0.25) is 0 Å². The number of hydrogen-bond acceptors (Lipinski definition) is 3. The van der Waals surface area contributed by atoms with Gasteiger partial charge >= 0.3 is 0 Å². The summed E-state index contributed by atoms with van der Waals surface area (Å²) in [4.78, 5) is 29.3. The molecule has 2 aromatic carbocycles. The summed E-state index contributed by atoms with van der Waals surface area (Å²) in [6, 6.07) is 13.9. The second-order valence-electron chi connectivity index (χ2n) is 9.96. The van der Waals surface area contributed by atoms with E-state index in [0.717, 1.165) is 61.4 Å². The Morgan fingerprint density at radius 2 is 1.88 bits per heavy atom. The number of aromatic amines is 1. The first kappa shape index (κ1) is 20.5. The van der Waals surface area contributed by atoms with E-state index in [1.807, 2.05) is 47.5 Å². The van der Waals surface area contributed by atoms with Gasteiger partial charge < -0.3 is 10.2 Å². The summed E-state index contributed by atoms with van der Waals surface area (Å²) in [5, 5.41) is 12.7. The van der Waals surface area contributed by atoms with Crippen molar-refractivity contribution in [2.24, 2.45) is 5.92 Å². The number of nitrogens with zero attached hydrogens (tertiary/aromatic N) is 2. The highest BCUT2D eigenvalue weighted by Gasteiger charge is 2.47. The van der Waals surface area contributed by atoms with Gasteiger partial charge in [0, 0.05) is 29.8 Å². The van der Waals surface area contributed by atoms with Crippen LogP contribution in [0.1, 0.15) is 60.1 Å². The van der Waals surface area contributed by atoms with E-state index in [1.54, 1.807) is 0 Å². The summed E-state index contributed by atoms with van der Waals surface area (Å²) in [6.07, 6.45) is 9.70. The van der Waals surface area contributed by atoms with Crippen LogP contribution >= 0.6 is 0 Å². The highest BCUT2D eigenvalue weighted by molar-refractivity contribution is 6.01. The molecule has 2 heterocycles. The number of fused-ring (bicyclic) bond motifs is 3. The summed E-state index contributed by atoms with van der Waals surface area (Å²) in [6.45, 7) is 0. The zero-order valence-corrected chi connectivity index (χ0v) is 18.8. The molecule has 3 aromatic rings. The summed E-state index contributed by atoms with van der Waals surface area (Å²) < 4.78 is 0. The van der Waals surface area contributed by atoms with Crippen LogP contribution in [0.4, 0.5) is 0 Å². The van der Waals surface area contributed by atoms with Gasteiger partial charge in [-0.15, -0.1) is 0 Å². The van der Waals surface area contributed by atoms with E-state index < -0.39 is 0 Å². The molecular weight excluding hydrogens is 412 g/mol. The Hall–Kier alpha value is -3.15. The van der Waals surface area contributed by atoms with Crippen LogP contribution in [0, 0.1) is 5.92 Å². The fourth-order valence-corrected chi connectivity index (χ4v) is 6.29. The van der Waals surface area contributed by atoms with Crippen molar-refractivity contribution >= 4 is 22.6 Å². The Kier molecular flexibility index (Phi) is 5.16. The molecule has 3 aliphatic rings. The number of likely N-dealkylation sites (tertiary alicyclic amines) is 1. The number of carbonyl (C=O) groups is 2. The average Bonchev–Trinajstić information content (AvgIpc) is 3.47. The highest BCUT2D eigenvalue weighted by Crippen LogP contribution is 2.41. The Bertz CT molecular complexity index is 1200. The molecule has 1 aliphatic heterocycles. The van der Waals surface area contributed by atoms with E-state index >= 15 is 0 Å². The number of aromatic nitrogens is 2. The standard InChI is InChI=1S/C27H30N4O2/c32-26(29-22-12-11-21-16-28-30-23(21)15-22)25-14-19-7-3-4-8-24(19)31(25)27(33)20-10-9-17-5-1-2-6-18(17)13-20/h1-2,5-6,9-10,13,16,19,22,24-25H,3-4,7-8,11-12,14-15H2,(H,28,30)(H,29,32)/t19-,22?,24-,25-/m0/s1. The SMILES string of the molecule is O=C(NC1CCc2cn[nH]c2C1)[C@@H]1C[C@@H]2CCCC[C@@H]2N1C(=O)c1ccc2ccccc2c1. The second kappa shape index (κ2) is 8.32. The summed E-state index contributed by atoms with van der Waals surface area (Å²) >= 11 is 0. The number of H-pyrrole nitrogens is 1. The van der Waals surface area contributed by atoms with Crippen LogP contribution in [0.25, 0.3) is 10.8 Å². The first-order chi connectivity index (χ1) is 16.2. The van der Waals surface area contributed by atoms with Gasteiger partial charge in [-0.2, -0.15) is 5.10 Å². The quantitative estimate of drug-likeness (QED) is 0.643. The lowest BCUT2D eigenvalue weighted by Crippen LogP contribution is -2.52. The normalized spacial score (nSPS) is 26.6. The molecule has 1 saturated heterocycles. The molecule has 6 rings (SSSR count). The maximum Gasteiger partial charge on any atom is 0.254 e. The van der Waals surface area contributed by atoms with Gasteiger partial charge in [0.2, 0.25) is 5.91 Å². The molecule has 1 aromatic heterocycles. The van der Waals surface area contributed by atoms with Gasteiger partial charge in [-0.25, -0.2) is 0 Å². The van der Waals surface area contributed by atoms with Gasteiger partial charge in [0.05, 0.1) is 6.20 Å². The minimum Gasteiger partial charge on any atom is -0.351 e. The van der Waals surface area contributed by atoms with Crippen LogP contribution in [0.3, 0.4) is 0 Å². The van der Waals surface area contributed by atoms with E-state index in [1.165, 1.54) is 12.0 Å². The lowest BCUT2D eigenvalue weighted by Gasteiger charge is -2.34. The Morgan fingerprint density at radius 3 is 2.79 bits per heavy atom. The van der Waals surface area contributed by atoms with E-state index in [-0.39, 0.29) is 29.9 Å². The summed E-state index contributed by atoms with van der Waals surface area (Å²) in [5.74, 6) is 0.422. The van der Waals surface area contributed by atoms with Crippen molar-refractivity contribution in [3.8, 4) is 0 Å². The van der Waals surface area contributed by atoms with Gasteiger partial charge in [-0.3, -0.25) is 14.7 Å². The number of carbonyl (C=O) groups excluding carboxylic acids is 2. The van der Waals surface area contributed by atoms with Crippen molar-refractivity contribution in [3.05, 3.63) is 65.5 Å². The van der Waals surface area contributed by atoms with Crippen LogP contribution < -0.4 is 5.32 Å². The molecule has 2 amide bonds. The van der Waals surface area contributed by atoms with Gasteiger partial charge in [0.25, 0.3) is 5.91 Å². The lowest BCUT2D eigenvalue weighted by molar-refractivity contribution is -0.126. The van der Waals surface area contributed by atoms with Gasteiger partial charge in [-0.05, 0) is 66.5 Å². The predicted octanol–water partition coefficient (Wildman–Crippen LogP) is 4.01. The number of aryl methyl sites for hydroxylation is 1.